The minimum absolute atomic E-state index is 0.133. The lowest BCUT2D eigenvalue weighted by molar-refractivity contribution is -0.128. The molecule has 8 heteroatoms. The van der Waals surface area contributed by atoms with Crippen molar-refractivity contribution in [2.24, 2.45) is 0 Å². The molecular formula is C18H18ClN3O3S. The van der Waals surface area contributed by atoms with Crippen LogP contribution in [0, 0.1) is 0 Å². The summed E-state index contributed by atoms with van der Waals surface area (Å²) in [6.45, 7) is 0.0750. The monoisotopic (exact) mass is 391 g/mol. The van der Waals surface area contributed by atoms with Crippen LogP contribution in [-0.4, -0.2) is 42.2 Å². The predicted molar refractivity (Wildman–Crippen MR) is 102 cm³/mol. The highest BCUT2D eigenvalue weighted by Gasteiger charge is 2.36. The molecule has 26 heavy (non-hydrogen) atoms. The van der Waals surface area contributed by atoms with E-state index in [2.05, 4.69) is 10.6 Å². The van der Waals surface area contributed by atoms with Crippen LogP contribution in [0.1, 0.15) is 11.1 Å². The number of carbonyl (C=O) groups is 2. The molecule has 0 radical (unpaired) electrons. The summed E-state index contributed by atoms with van der Waals surface area (Å²) in [4.78, 5) is 27.0. The van der Waals surface area contributed by atoms with Crippen molar-refractivity contribution in [2.75, 3.05) is 23.4 Å². The number of amides is 2. The average Bonchev–Trinajstić information content (AvgIpc) is 3.16. The van der Waals surface area contributed by atoms with Crippen molar-refractivity contribution in [1.29, 1.82) is 0 Å². The zero-order chi connectivity index (χ0) is 18.3. The molecule has 2 aromatic rings. The highest BCUT2D eigenvalue weighted by atomic mass is 35.5. The van der Waals surface area contributed by atoms with Crippen LogP contribution in [0.5, 0.6) is 0 Å². The lowest BCUT2D eigenvalue weighted by Crippen LogP contribution is -2.55. The number of hydrogen-bond donors (Lipinski definition) is 3. The number of hydrogen-bond acceptors (Lipinski definition) is 5. The molecule has 1 aromatic heterocycles. The van der Waals surface area contributed by atoms with Crippen molar-refractivity contribution in [3.8, 4) is 0 Å². The van der Waals surface area contributed by atoms with Crippen LogP contribution in [0.3, 0.4) is 0 Å². The zero-order valence-electron chi connectivity index (χ0n) is 13.9. The Bertz CT molecular complexity index is 846. The molecule has 2 atom stereocenters. The van der Waals surface area contributed by atoms with Gasteiger partial charge in [0.1, 0.15) is 12.1 Å². The van der Waals surface area contributed by atoms with Gasteiger partial charge in [0.25, 0.3) is 0 Å². The maximum Gasteiger partial charge on any atom is 0.249 e. The first kappa shape index (κ1) is 17.3. The summed E-state index contributed by atoms with van der Waals surface area (Å²) in [5.41, 5.74) is 2.81. The van der Waals surface area contributed by atoms with Crippen molar-refractivity contribution in [3.63, 3.8) is 0 Å². The number of β-amino-alcohol motifs (C(OH)–C–C–N with tert-alkyl or cyclic N) is 1. The molecule has 0 saturated heterocycles. The minimum Gasteiger partial charge on any atom is -0.395 e. The molecule has 3 heterocycles. The quantitative estimate of drug-likeness (QED) is 0.742. The Morgan fingerprint density at radius 1 is 1.35 bits per heavy atom. The first-order valence-corrected chi connectivity index (χ1v) is 9.61. The van der Waals surface area contributed by atoms with Crippen LogP contribution in [0.15, 0.2) is 30.3 Å². The van der Waals surface area contributed by atoms with E-state index >= 15 is 0 Å². The van der Waals surface area contributed by atoms with E-state index in [0.29, 0.717) is 17.2 Å². The number of nitrogens with zero attached hydrogens (tertiary/aromatic N) is 1. The van der Waals surface area contributed by atoms with Gasteiger partial charge in [-0.25, -0.2) is 0 Å². The third-order valence-electron chi connectivity index (χ3n) is 4.74. The van der Waals surface area contributed by atoms with E-state index in [-0.39, 0.29) is 25.0 Å². The third kappa shape index (κ3) is 3.06. The van der Waals surface area contributed by atoms with Gasteiger partial charge in [-0.1, -0.05) is 29.8 Å². The van der Waals surface area contributed by atoms with E-state index in [1.54, 1.807) is 4.90 Å². The van der Waals surface area contributed by atoms with Gasteiger partial charge in [0, 0.05) is 25.1 Å². The lowest BCUT2D eigenvalue weighted by Gasteiger charge is -2.34. The van der Waals surface area contributed by atoms with Gasteiger partial charge in [0.15, 0.2) is 0 Å². The fourth-order valence-corrected chi connectivity index (χ4v) is 4.77. The predicted octanol–water partition coefficient (Wildman–Crippen LogP) is 1.80. The molecular weight excluding hydrogens is 374 g/mol. The Kier molecular flexibility index (Phi) is 4.60. The Balaban J connectivity index is 1.49. The van der Waals surface area contributed by atoms with Crippen molar-refractivity contribution in [2.45, 2.75) is 24.9 Å². The molecule has 0 fully saturated rings. The fraction of sp³-hybridized carbons (Fsp3) is 0.333. The Morgan fingerprint density at radius 2 is 2.15 bits per heavy atom. The van der Waals surface area contributed by atoms with Crippen LogP contribution in [0.2, 0.25) is 4.34 Å². The number of para-hydroxylation sites is 1. The second-order valence-corrected chi connectivity index (χ2v) is 8.10. The second kappa shape index (κ2) is 6.90. The molecule has 0 aliphatic carbocycles. The van der Waals surface area contributed by atoms with Gasteiger partial charge in [0.05, 0.1) is 15.9 Å². The smallest absolute Gasteiger partial charge is 0.249 e. The fourth-order valence-electron chi connectivity index (χ4n) is 3.53. The molecule has 0 saturated carbocycles. The highest BCUT2D eigenvalue weighted by Crippen LogP contribution is 2.37. The summed E-state index contributed by atoms with van der Waals surface area (Å²) in [6, 6.07) is 8.41. The summed E-state index contributed by atoms with van der Waals surface area (Å²) in [6.07, 6.45) is 1.01. The molecule has 4 rings (SSSR count). The van der Waals surface area contributed by atoms with Gasteiger partial charge in [-0.15, -0.1) is 11.3 Å². The molecule has 2 aliphatic heterocycles. The number of thiophene rings is 1. The number of benzene rings is 1. The first-order valence-electron chi connectivity index (χ1n) is 8.42. The molecule has 2 amide bonds. The van der Waals surface area contributed by atoms with E-state index in [1.165, 1.54) is 11.3 Å². The summed E-state index contributed by atoms with van der Waals surface area (Å²) < 4.78 is 0.695. The number of fused-ring (bicyclic) bond motifs is 2. The zero-order valence-corrected chi connectivity index (χ0v) is 15.4. The van der Waals surface area contributed by atoms with Gasteiger partial charge >= 0.3 is 0 Å². The summed E-state index contributed by atoms with van der Waals surface area (Å²) >= 11 is 7.40. The van der Waals surface area contributed by atoms with Gasteiger partial charge in [-0.2, -0.15) is 0 Å². The summed E-state index contributed by atoms with van der Waals surface area (Å²) in [5, 5.41) is 16.3. The topological polar surface area (TPSA) is 81.7 Å². The van der Waals surface area contributed by atoms with E-state index in [0.717, 1.165) is 21.8 Å². The van der Waals surface area contributed by atoms with Crippen LogP contribution < -0.4 is 15.5 Å². The van der Waals surface area contributed by atoms with Crippen molar-refractivity contribution in [1.82, 2.24) is 5.32 Å². The van der Waals surface area contributed by atoms with Crippen molar-refractivity contribution >= 4 is 45.4 Å². The lowest BCUT2D eigenvalue weighted by atomic mass is 9.96. The molecule has 0 bridgehead atoms. The number of aliphatic hydroxyl groups is 1. The molecule has 136 valence electrons. The van der Waals surface area contributed by atoms with Crippen LogP contribution in [0.25, 0.3) is 0 Å². The van der Waals surface area contributed by atoms with Gasteiger partial charge in [-0.05, 0) is 23.3 Å². The first-order chi connectivity index (χ1) is 12.6. The molecule has 2 unspecified atom stereocenters. The summed E-state index contributed by atoms with van der Waals surface area (Å²) in [5.74, 6) is -0.395. The van der Waals surface area contributed by atoms with Crippen molar-refractivity contribution in [3.05, 3.63) is 45.8 Å². The molecule has 6 nitrogen and oxygen atoms in total. The highest BCUT2D eigenvalue weighted by molar-refractivity contribution is 7.20. The number of halogens is 1. The Morgan fingerprint density at radius 3 is 2.92 bits per heavy atom. The molecule has 2 aliphatic rings. The maximum absolute atomic E-state index is 12.8. The number of anilines is 2. The number of nitrogens with one attached hydrogen (secondary N) is 2. The van der Waals surface area contributed by atoms with E-state index < -0.39 is 12.1 Å². The average molecular weight is 392 g/mol. The van der Waals surface area contributed by atoms with Crippen LogP contribution in [0.4, 0.5) is 10.7 Å². The minimum atomic E-state index is -0.632. The second-order valence-electron chi connectivity index (χ2n) is 6.41. The Hall–Kier alpha value is -2.09. The van der Waals surface area contributed by atoms with E-state index in [4.69, 9.17) is 11.6 Å². The van der Waals surface area contributed by atoms with Crippen LogP contribution >= 0.6 is 22.9 Å². The molecule has 1 aromatic carbocycles. The maximum atomic E-state index is 12.8. The van der Waals surface area contributed by atoms with Crippen molar-refractivity contribution < 1.29 is 14.7 Å². The number of rotatable bonds is 4. The van der Waals surface area contributed by atoms with Crippen LogP contribution in [-0.2, 0) is 22.4 Å². The van der Waals surface area contributed by atoms with Gasteiger partial charge in [-0.3, -0.25) is 9.59 Å². The molecule has 0 spiro atoms. The third-order valence-corrected chi connectivity index (χ3v) is 5.97. The SMILES string of the molecule is O=C(NC1Cc2ccccc2N(CCO)C1=O)C1Cc2cc(Cl)sc2N1. The Labute approximate surface area is 159 Å². The standard InChI is InChI=1S/C18H18ClN3O3S/c19-15-9-11-8-12(21-17(11)26-15)16(24)20-13-7-10-3-1-2-4-14(10)22(5-6-23)18(13)25/h1-4,9,12-13,21,23H,5-8H2,(H,20,24). The largest absolute Gasteiger partial charge is 0.395 e. The van der Waals surface area contributed by atoms with E-state index in [9.17, 15) is 14.7 Å². The molecule has 3 N–H and O–H groups in total. The van der Waals surface area contributed by atoms with Gasteiger partial charge in [0.2, 0.25) is 11.8 Å². The normalized spacial score (nSPS) is 21.2. The van der Waals surface area contributed by atoms with E-state index in [1.807, 2.05) is 30.3 Å². The van der Waals surface area contributed by atoms with Gasteiger partial charge < -0.3 is 20.6 Å². The number of aliphatic hydroxyl groups excluding tert-OH is 1. The summed E-state index contributed by atoms with van der Waals surface area (Å²) in [7, 11) is 0. The number of carbonyl (C=O) groups excluding carboxylic acids is 2.